The van der Waals surface area contributed by atoms with Crippen LogP contribution in [0.2, 0.25) is 0 Å². The minimum Gasteiger partial charge on any atom is -0.395 e. The maximum Gasteiger partial charge on any atom is 0.238 e. The first-order valence-electron chi connectivity index (χ1n) is 6.96. The van der Waals surface area contributed by atoms with Crippen molar-refractivity contribution in [2.45, 2.75) is 32.2 Å². The summed E-state index contributed by atoms with van der Waals surface area (Å²) < 4.78 is 0. The Hall–Kier alpha value is -1.39. The molecule has 1 unspecified atom stereocenters. The molecule has 1 aromatic rings. The van der Waals surface area contributed by atoms with Gasteiger partial charge in [-0.3, -0.25) is 9.69 Å². The second kappa shape index (κ2) is 6.68. The van der Waals surface area contributed by atoms with E-state index in [1.54, 1.807) is 0 Å². The highest BCUT2D eigenvalue weighted by molar-refractivity contribution is 5.92. The molecule has 2 rings (SSSR count). The molecule has 4 nitrogen and oxygen atoms in total. The number of aliphatic hydroxyl groups excluding tert-OH is 1. The largest absolute Gasteiger partial charge is 0.395 e. The van der Waals surface area contributed by atoms with Gasteiger partial charge in [0.15, 0.2) is 0 Å². The summed E-state index contributed by atoms with van der Waals surface area (Å²) in [5, 5.41) is 12.2. The highest BCUT2D eigenvalue weighted by atomic mass is 16.3. The van der Waals surface area contributed by atoms with Gasteiger partial charge < -0.3 is 10.4 Å². The van der Waals surface area contributed by atoms with Crippen molar-refractivity contribution in [2.75, 3.05) is 25.0 Å². The number of aliphatic hydroxyl groups is 1. The maximum absolute atomic E-state index is 12.0. The number of anilines is 1. The number of nitrogens with one attached hydrogen (secondary N) is 1. The molecule has 1 amide bonds. The molecule has 0 bridgehead atoms. The Balaban J connectivity index is 1.90. The van der Waals surface area contributed by atoms with E-state index in [0.29, 0.717) is 6.54 Å². The summed E-state index contributed by atoms with van der Waals surface area (Å²) in [6, 6.07) is 8.07. The lowest BCUT2D eigenvalue weighted by Crippen LogP contribution is -2.38. The molecule has 1 atom stereocenters. The van der Waals surface area contributed by atoms with Crippen molar-refractivity contribution in [1.82, 2.24) is 4.90 Å². The number of aryl methyl sites for hydroxylation is 1. The van der Waals surface area contributed by atoms with Gasteiger partial charge in [-0.1, -0.05) is 19.1 Å². The second-order valence-electron chi connectivity index (χ2n) is 5.05. The zero-order chi connectivity index (χ0) is 13.7. The molecule has 0 radical (unpaired) electrons. The topological polar surface area (TPSA) is 52.6 Å². The van der Waals surface area contributed by atoms with Gasteiger partial charge in [0.05, 0.1) is 13.2 Å². The van der Waals surface area contributed by atoms with Crippen LogP contribution in [-0.4, -0.2) is 41.7 Å². The summed E-state index contributed by atoms with van der Waals surface area (Å²) in [4.78, 5) is 14.0. The van der Waals surface area contributed by atoms with Crippen LogP contribution in [0.5, 0.6) is 0 Å². The molecule has 0 aromatic heterocycles. The number of hydrogen-bond acceptors (Lipinski definition) is 3. The van der Waals surface area contributed by atoms with Gasteiger partial charge in [0.25, 0.3) is 0 Å². The van der Waals surface area contributed by atoms with Gasteiger partial charge in [-0.2, -0.15) is 0 Å². The average Bonchev–Trinajstić information content (AvgIpc) is 2.86. The van der Waals surface area contributed by atoms with E-state index in [0.717, 1.165) is 31.5 Å². The summed E-state index contributed by atoms with van der Waals surface area (Å²) in [5.41, 5.74) is 2.07. The Morgan fingerprint density at radius 1 is 1.53 bits per heavy atom. The summed E-state index contributed by atoms with van der Waals surface area (Å²) in [7, 11) is 0. The molecule has 4 heteroatoms. The molecule has 104 valence electrons. The molecule has 1 fully saturated rings. The van der Waals surface area contributed by atoms with E-state index < -0.39 is 0 Å². The van der Waals surface area contributed by atoms with Gasteiger partial charge in [-0.15, -0.1) is 0 Å². The van der Waals surface area contributed by atoms with Crippen LogP contribution < -0.4 is 5.32 Å². The Kier molecular flexibility index (Phi) is 4.93. The number of rotatable bonds is 5. The Bertz CT molecular complexity index is 434. The Morgan fingerprint density at radius 2 is 2.37 bits per heavy atom. The fourth-order valence-electron chi connectivity index (χ4n) is 2.56. The van der Waals surface area contributed by atoms with E-state index in [2.05, 4.69) is 23.2 Å². The van der Waals surface area contributed by atoms with Gasteiger partial charge in [-0.05, 0) is 43.5 Å². The fourth-order valence-corrected chi connectivity index (χ4v) is 2.56. The molecule has 1 aromatic carbocycles. The first kappa shape index (κ1) is 14.0. The van der Waals surface area contributed by atoms with Gasteiger partial charge in [0.2, 0.25) is 5.91 Å². The summed E-state index contributed by atoms with van der Waals surface area (Å²) in [6.45, 7) is 3.49. The van der Waals surface area contributed by atoms with Gasteiger partial charge in [0.1, 0.15) is 0 Å². The third kappa shape index (κ3) is 3.78. The smallest absolute Gasteiger partial charge is 0.238 e. The first-order valence-corrected chi connectivity index (χ1v) is 6.96. The highest BCUT2D eigenvalue weighted by Gasteiger charge is 2.25. The predicted octanol–water partition coefficient (Wildman–Crippen LogP) is 1.64. The molecule has 0 aliphatic carbocycles. The molecule has 1 heterocycles. The summed E-state index contributed by atoms with van der Waals surface area (Å²) in [6.07, 6.45) is 3.00. The van der Waals surface area contributed by atoms with Crippen LogP contribution in [0.25, 0.3) is 0 Å². The minimum atomic E-state index is -0.00592. The zero-order valence-corrected chi connectivity index (χ0v) is 11.4. The van der Waals surface area contributed by atoms with E-state index in [4.69, 9.17) is 0 Å². The number of nitrogens with zero attached hydrogens (tertiary/aromatic N) is 1. The van der Waals surface area contributed by atoms with Crippen molar-refractivity contribution in [3.05, 3.63) is 29.8 Å². The molecule has 0 saturated carbocycles. The van der Waals surface area contributed by atoms with Gasteiger partial charge in [-0.25, -0.2) is 0 Å². The van der Waals surface area contributed by atoms with Crippen molar-refractivity contribution in [2.24, 2.45) is 0 Å². The molecular formula is C15H22N2O2. The fraction of sp³-hybridized carbons (Fsp3) is 0.533. The van der Waals surface area contributed by atoms with Crippen LogP contribution in [0.3, 0.4) is 0 Å². The van der Waals surface area contributed by atoms with Gasteiger partial charge >= 0.3 is 0 Å². The maximum atomic E-state index is 12.0. The summed E-state index contributed by atoms with van der Waals surface area (Å²) >= 11 is 0. The van der Waals surface area contributed by atoms with E-state index in [9.17, 15) is 9.90 Å². The van der Waals surface area contributed by atoms with Crippen molar-refractivity contribution >= 4 is 11.6 Å². The number of likely N-dealkylation sites (tertiary alicyclic amines) is 1. The number of carbonyl (C=O) groups excluding carboxylic acids is 1. The van der Waals surface area contributed by atoms with Crippen molar-refractivity contribution in [3.8, 4) is 0 Å². The van der Waals surface area contributed by atoms with Crippen LogP contribution in [-0.2, 0) is 11.2 Å². The third-order valence-corrected chi connectivity index (χ3v) is 3.68. The van der Waals surface area contributed by atoms with Crippen molar-refractivity contribution < 1.29 is 9.90 Å². The zero-order valence-electron chi connectivity index (χ0n) is 11.4. The van der Waals surface area contributed by atoms with Crippen LogP contribution in [0.15, 0.2) is 24.3 Å². The second-order valence-corrected chi connectivity index (χ2v) is 5.05. The molecule has 1 aliphatic heterocycles. The van der Waals surface area contributed by atoms with Crippen LogP contribution in [0, 0.1) is 0 Å². The molecule has 1 saturated heterocycles. The molecule has 1 aliphatic rings. The predicted molar refractivity (Wildman–Crippen MR) is 76.1 cm³/mol. The monoisotopic (exact) mass is 262 g/mol. The molecule has 19 heavy (non-hydrogen) atoms. The number of amides is 1. The summed E-state index contributed by atoms with van der Waals surface area (Å²) in [5.74, 6) is -0.00592. The lowest BCUT2D eigenvalue weighted by Gasteiger charge is -2.21. The minimum absolute atomic E-state index is 0.00592. The Labute approximate surface area is 114 Å². The van der Waals surface area contributed by atoms with Crippen LogP contribution >= 0.6 is 0 Å². The SMILES string of the molecule is CCc1cccc(NC(=O)CN2CCCC2CO)c1. The quantitative estimate of drug-likeness (QED) is 0.848. The standard InChI is InChI=1S/C15H22N2O2/c1-2-12-5-3-6-13(9-12)16-15(19)10-17-8-4-7-14(17)11-18/h3,5-6,9,14,18H,2,4,7-8,10-11H2,1H3,(H,16,19). The number of benzene rings is 1. The van der Waals surface area contributed by atoms with Crippen LogP contribution in [0.1, 0.15) is 25.3 Å². The molecule has 0 spiro atoms. The van der Waals surface area contributed by atoms with E-state index in [1.807, 2.05) is 18.2 Å². The number of carbonyl (C=O) groups is 1. The lowest BCUT2D eigenvalue weighted by molar-refractivity contribution is -0.117. The lowest BCUT2D eigenvalue weighted by atomic mass is 10.1. The van der Waals surface area contributed by atoms with E-state index >= 15 is 0 Å². The normalized spacial score (nSPS) is 19.6. The number of hydrogen-bond donors (Lipinski definition) is 2. The van der Waals surface area contributed by atoms with E-state index in [1.165, 1.54) is 5.56 Å². The van der Waals surface area contributed by atoms with Crippen molar-refractivity contribution in [3.63, 3.8) is 0 Å². The third-order valence-electron chi connectivity index (χ3n) is 3.68. The van der Waals surface area contributed by atoms with Gasteiger partial charge in [0, 0.05) is 11.7 Å². The molecular weight excluding hydrogens is 240 g/mol. The highest BCUT2D eigenvalue weighted by Crippen LogP contribution is 2.16. The van der Waals surface area contributed by atoms with Crippen LogP contribution in [0.4, 0.5) is 5.69 Å². The van der Waals surface area contributed by atoms with E-state index in [-0.39, 0.29) is 18.6 Å². The Morgan fingerprint density at radius 3 is 3.11 bits per heavy atom. The average molecular weight is 262 g/mol. The first-order chi connectivity index (χ1) is 9.22. The van der Waals surface area contributed by atoms with Crippen molar-refractivity contribution in [1.29, 1.82) is 0 Å². The molecule has 2 N–H and O–H groups in total.